The number of methoxy groups -OCH3 is 2. The summed E-state index contributed by atoms with van der Waals surface area (Å²) in [7, 11) is 2.95. The molecule has 0 aromatic heterocycles. The molecule has 2 N–H and O–H groups in total. The van der Waals surface area contributed by atoms with Crippen LogP contribution >= 0.6 is 15.9 Å². The summed E-state index contributed by atoms with van der Waals surface area (Å²) in [5.41, 5.74) is -0.151. The van der Waals surface area contributed by atoms with E-state index >= 15 is 0 Å². The minimum absolute atomic E-state index is 0.00443. The van der Waals surface area contributed by atoms with E-state index in [1.807, 2.05) is 0 Å². The summed E-state index contributed by atoms with van der Waals surface area (Å²) in [5.74, 6) is -0.307. The molecule has 0 saturated carbocycles. The molecule has 0 spiro atoms. The van der Waals surface area contributed by atoms with Gasteiger partial charge in [0.15, 0.2) is 11.5 Å². The first-order chi connectivity index (χ1) is 11.1. The summed E-state index contributed by atoms with van der Waals surface area (Å²) in [6.07, 6.45) is -0.803. The fourth-order valence-electron chi connectivity index (χ4n) is 2.01. The second kappa shape index (κ2) is 8.23. The third kappa shape index (κ3) is 5.59. The Morgan fingerprint density at radius 1 is 1.25 bits per heavy atom. The number of aliphatic carboxylic acids is 1. The summed E-state index contributed by atoms with van der Waals surface area (Å²) < 4.78 is 16.3. The van der Waals surface area contributed by atoms with Crippen molar-refractivity contribution in [3.63, 3.8) is 0 Å². The van der Waals surface area contributed by atoms with Gasteiger partial charge in [0, 0.05) is 16.5 Å². The number of halogens is 1. The second-order valence-corrected chi connectivity index (χ2v) is 6.86. The van der Waals surface area contributed by atoms with E-state index < -0.39 is 23.7 Å². The van der Waals surface area contributed by atoms with Crippen molar-refractivity contribution >= 4 is 28.0 Å². The molecule has 0 aliphatic carbocycles. The van der Waals surface area contributed by atoms with Gasteiger partial charge in [-0.3, -0.25) is 0 Å². The van der Waals surface area contributed by atoms with Crippen molar-refractivity contribution in [2.75, 3.05) is 14.2 Å². The van der Waals surface area contributed by atoms with E-state index in [9.17, 15) is 14.7 Å². The van der Waals surface area contributed by atoms with Crippen LogP contribution in [0.4, 0.5) is 4.79 Å². The molecule has 0 fully saturated rings. The number of carbonyl (C=O) groups is 2. The molecule has 1 amide bonds. The number of hydrogen-bond acceptors (Lipinski definition) is 5. The lowest BCUT2D eigenvalue weighted by Gasteiger charge is -2.23. The predicted molar refractivity (Wildman–Crippen MR) is 91.7 cm³/mol. The molecule has 0 saturated heterocycles. The molecule has 1 aromatic rings. The molecule has 8 heteroatoms. The maximum absolute atomic E-state index is 11.9. The van der Waals surface area contributed by atoms with E-state index in [2.05, 4.69) is 21.2 Å². The van der Waals surface area contributed by atoms with Gasteiger partial charge in [0.2, 0.25) is 0 Å². The van der Waals surface area contributed by atoms with Crippen molar-refractivity contribution in [2.45, 2.75) is 38.8 Å². The topological polar surface area (TPSA) is 94.1 Å². The number of carboxylic acid groups (broad SMARTS) is 1. The smallest absolute Gasteiger partial charge is 0.408 e. The van der Waals surface area contributed by atoms with Crippen LogP contribution in [0.2, 0.25) is 0 Å². The number of benzene rings is 1. The van der Waals surface area contributed by atoms with Crippen molar-refractivity contribution in [1.82, 2.24) is 5.32 Å². The minimum Gasteiger partial charge on any atom is -0.493 e. The lowest BCUT2D eigenvalue weighted by Crippen LogP contribution is -2.44. The zero-order chi connectivity index (χ0) is 18.5. The van der Waals surface area contributed by atoms with Crippen LogP contribution in [0.25, 0.3) is 0 Å². The minimum atomic E-state index is -1.18. The third-order valence-electron chi connectivity index (χ3n) is 2.99. The largest absolute Gasteiger partial charge is 0.493 e. The fourth-order valence-corrected chi connectivity index (χ4v) is 2.49. The van der Waals surface area contributed by atoms with Crippen molar-refractivity contribution in [1.29, 1.82) is 0 Å². The number of rotatable bonds is 6. The molecule has 0 heterocycles. The highest BCUT2D eigenvalue weighted by Crippen LogP contribution is 2.36. The van der Waals surface area contributed by atoms with Gasteiger partial charge in [-0.15, -0.1) is 0 Å². The zero-order valence-corrected chi connectivity index (χ0v) is 15.9. The SMILES string of the molecule is COc1ccc(Br)c(CC(NC(=O)OC(C)(C)C)C(=O)O)c1OC. The molecule has 0 aliphatic heterocycles. The van der Waals surface area contributed by atoms with Gasteiger partial charge < -0.3 is 24.6 Å². The molecule has 0 aliphatic rings. The van der Waals surface area contributed by atoms with Crippen molar-refractivity contribution < 1.29 is 28.9 Å². The molecule has 1 atom stereocenters. The van der Waals surface area contributed by atoms with Gasteiger partial charge in [-0.25, -0.2) is 9.59 Å². The van der Waals surface area contributed by atoms with E-state index in [0.29, 0.717) is 21.5 Å². The average Bonchev–Trinajstić information content (AvgIpc) is 2.45. The van der Waals surface area contributed by atoms with Crippen LogP contribution in [0.1, 0.15) is 26.3 Å². The maximum Gasteiger partial charge on any atom is 0.408 e. The maximum atomic E-state index is 11.9. The summed E-state index contributed by atoms with van der Waals surface area (Å²) in [5, 5.41) is 11.8. The van der Waals surface area contributed by atoms with Gasteiger partial charge in [-0.1, -0.05) is 15.9 Å². The van der Waals surface area contributed by atoms with Gasteiger partial charge in [0.05, 0.1) is 14.2 Å². The Morgan fingerprint density at radius 2 is 1.88 bits per heavy atom. The third-order valence-corrected chi connectivity index (χ3v) is 3.73. The van der Waals surface area contributed by atoms with Gasteiger partial charge in [-0.2, -0.15) is 0 Å². The zero-order valence-electron chi connectivity index (χ0n) is 14.3. The first-order valence-corrected chi connectivity index (χ1v) is 8.00. The lowest BCUT2D eigenvalue weighted by molar-refractivity contribution is -0.139. The molecule has 134 valence electrons. The molecule has 0 radical (unpaired) electrons. The first-order valence-electron chi connectivity index (χ1n) is 7.20. The number of carboxylic acids is 1. The van der Waals surface area contributed by atoms with Crippen molar-refractivity contribution in [2.24, 2.45) is 0 Å². The Balaban J connectivity index is 3.06. The number of nitrogens with one attached hydrogen (secondary N) is 1. The van der Waals surface area contributed by atoms with Crippen LogP contribution < -0.4 is 14.8 Å². The normalized spacial score (nSPS) is 12.2. The van der Waals surface area contributed by atoms with Crippen LogP contribution in [0.3, 0.4) is 0 Å². The number of amides is 1. The summed E-state index contributed by atoms with van der Waals surface area (Å²) in [4.78, 5) is 23.4. The van der Waals surface area contributed by atoms with Crippen LogP contribution in [0, 0.1) is 0 Å². The molecule has 1 aromatic carbocycles. The van der Waals surface area contributed by atoms with E-state index in [0.717, 1.165) is 0 Å². The molecular formula is C16H22BrNO6. The molecule has 0 bridgehead atoms. The number of hydrogen-bond donors (Lipinski definition) is 2. The molecule has 1 unspecified atom stereocenters. The van der Waals surface area contributed by atoms with Crippen LogP contribution in [-0.4, -0.2) is 43.0 Å². The summed E-state index contributed by atoms with van der Waals surface area (Å²) in [6, 6.07) is 2.24. The molecule has 7 nitrogen and oxygen atoms in total. The number of ether oxygens (including phenoxy) is 3. The Hall–Kier alpha value is -1.96. The molecule has 24 heavy (non-hydrogen) atoms. The van der Waals surface area contributed by atoms with Gasteiger partial charge in [-0.05, 0) is 32.9 Å². The Labute approximate surface area is 149 Å². The Kier molecular flexibility index (Phi) is 6.89. The van der Waals surface area contributed by atoms with Gasteiger partial charge in [0.25, 0.3) is 0 Å². The van der Waals surface area contributed by atoms with E-state index in [-0.39, 0.29) is 6.42 Å². The quantitative estimate of drug-likeness (QED) is 0.757. The average molecular weight is 404 g/mol. The van der Waals surface area contributed by atoms with Gasteiger partial charge >= 0.3 is 12.1 Å². The fraction of sp³-hybridized carbons (Fsp3) is 0.500. The molecular weight excluding hydrogens is 382 g/mol. The lowest BCUT2D eigenvalue weighted by atomic mass is 10.0. The highest BCUT2D eigenvalue weighted by molar-refractivity contribution is 9.10. The number of carbonyl (C=O) groups excluding carboxylic acids is 1. The Bertz CT molecular complexity index is 611. The van der Waals surface area contributed by atoms with Crippen LogP contribution in [-0.2, 0) is 16.0 Å². The van der Waals surface area contributed by atoms with Crippen molar-refractivity contribution in [3.05, 3.63) is 22.2 Å². The first kappa shape index (κ1) is 20.1. The van der Waals surface area contributed by atoms with E-state index in [1.54, 1.807) is 32.9 Å². The standard InChI is InChI=1S/C16H22BrNO6/c1-16(2,3)24-15(21)18-11(14(19)20)8-9-10(17)6-7-12(22-4)13(9)23-5/h6-7,11H,8H2,1-5H3,(H,18,21)(H,19,20). The summed E-state index contributed by atoms with van der Waals surface area (Å²) >= 11 is 3.37. The number of alkyl carbamates (subject to hydrolysis) is 1. The van der Waals surface area contributed by atoms with Crippen LogP contribution in [0.5, 0.6) is 11.5 Å². The highest BCUT2D eigenvalue weighted by atomic mass is 79.9. The second-order valence-electron chi connectivity index (χ2n) is 6.00. The van der Waals surface area contributed by atoms with Crippen molar-refractivity contribution in [3.8, 4) is 11.5 Å². The van der Waals surface area contributed by atoms with E-state index in [1.165, 1.54) is 14.2 Å². The summed E-state index contributed by atoms with van der Waals surface area (Å²) in [6.45, 7) is 5.10. The van der Waals surface area contributed by atoms with Crippen LogP contribution in [0.15, 0.2) is 16.6 Å². The monoisotopic (exact) mass is 403 g/mol. The van der Waals surface area contributed by atoms with E-state index in [4.69, 9.17) is 14.2 Å². The van der Waals surface area contributed by atoms with Gasteiger partial charge in [0.1, 0.15) is 11.6 Å². The highest BCUT2D eigenvalue weighted by Gasteiger charge is 2.27. The Morgan fingerprint density at radius 3 is 2.33 bits per heavy atom. The predicted octanol–water partition coefficient (Wildman–Crippen LogP) is 2.99. The molecule has 1 rings (SSSR count).